The molecule has 110 valence electrons. The molecule has 3 rings (SSSR count). The van der Waals surface area contributed by atoms with Crippen molar-refractivity contribution in [3.05, 3.63) is 35.9 Å². The number of nitrogens with zero attached hydrogens (tertiary/aromatic N) is 3. The maximum Gasteiger partial charge on any atom is 0.156 e. The van der Waals surface area contributed by atoms with Crippen molar-refractivity contribution in [2.24, 2.45) is 0 Å². The number of anilines is 2. The maximum atomic E-state index is 13.1. The van der Waals surface area contributed by atoms with Gasteiger partial charge in [-0.2, -0.15) is 11.8 Å². The van der Waals surface area contributed by atoms with E-state index in [1.807, 2.05) is 18.7 Å². The number of hydrogen-bond donors (Lipinski definition) is 1. The lowest BCUT2D eigenvalue weighted by Gasteiger charge is -2.29. The summed E-state index contributed by atoms with van der Waals surface area (Å²) in [7, 11) is 0. The number of aromatic nitrogens is 2. The number of halogens is 1. The number of nitrogens with two attached hydrogens (primary N) is 1. The fourth-order valence-electron chi connectivity index (χ4n) is 2.41. The van der Waals surface area contributed by atoms with E-state index in [0.29, 0.717) is 17.2 Å². The summed E-state index contributed by atoms with van der Waals surface area (Å²) >= 11 is 1.94. The number of rotatable bonds is 2. The summed E-state index contributed by atoms with van der Waals surface area (Å²) in [6.07, 6.45) is 0. The van der Waals surface area contributed by atoms with Gasteiger partial charge in [0.1, 0.15) is 17.3 Å². The first kappa shape index (κ1) is 14.1. The molecule has 1 aromatic carbocycles. The van der Waals surface area contributed by atoms with Gasteiger partial charge in [-0.15, -0.1) is 0 Å². The van der Waals surface area contributed by atoms with E-state index >= 15 is 0 Å². The monoisotopic (exact) mass is 304 g/mol. The van der Waals surface area contributed by atoms with Crippen molar-refractivity contribution in [2.45, 2.75) is 6.92 Å². The highest BCUT2D eigenvalue weighted by atomic mass is 32.2. The molecule has 21 heavy (non-hydrogen) atoms. The minimum Gasteiger partial charge on any atom is -0.394 e. The van der Waals surface area contributed by atoms with Gasteiger partial charge >= 0.3 is 0 Å². The van der Waals surface area contributed by atoms with Crippen molar-refractivity contribution in [3.8, 4) is 11.3 Å². The Morgan fingerprint density at radius 3 is 2.48 bits per heavy atom. The van der Waals surface area contributed by atoms with Crippen molar-refractivity contribution in [1.29, 1.82) is 0 Å². The smallest absolute Gasteiger partial charge is 0.156 e. The molecule has 0 radical (unpaired) electrons. The third-order valence-corrected chi connectivity index (χ3v) is 4.41. The van der Waals surface area contributed by atoms with E-state index in [1.54, 1.807) is 12.1 Å². The van der Waals surface area contributed by atoms with Gasteiger partial charge in [0, 0.05) is 30.2 Å². The van der Waals surface area contributed by atoms with Crippen LogP contribution in [0.2, 0.25) is 0 Å². The van der Waals surface area contributed by atoms with Gasteiger partial charge in [-0.1, -0.05) is 0 Å². The molecule has 2 N–H and O–H groups in total. The third-order valence-electron chi connectivity index (χ3n) is 3.47. The number of benzene rings is 1. The van der Waals surface area contributed by atoms with Gasteiger partial charge in [0.15, 0.2) is 5.82 Å². The molecule has 1 aliphatic rings. The van der Waals surface area contributed by atoms with Crippen LogP contribution in [-0.4, -0.2) is 34.6 Å². The average molecular weight is 304 g/mol. The largest absolute Gasteiger partial charge is 0.394 e. The normalized spacial score (nSPS) is 15.2. The van der Waals surface area contributed by atoms with E-state index in [0.717, 1.165) is 36.0 Å². The first-order valence-corrected chi connectivity index (χ1v) is 8.03. The molecule has 0 amide bonds. The minimum atomic E-state index is -0.267. The SMILES string of the molecule is Cc1nc(-c2ccc(F)cc2)c(N)c(N2CCSCC2)n1. The van der Waals surface area contributed by atoms with E-state index < -0.39 is 0 Å². The topological polar surface area (TPSA) is 55.0 Å². The fraction of sp³-hybridized carbons (Fsp3) is 0.333. The lowest BCUT2D eigenvalue weighted by molar-refractivity contribution is 0.628. The van der Waals surface area contributed by atoms with Gasteiger partial charge in [0.2, 0.25) is 0 Å². The summed E-state index contributed by atoms with van der Waals surface area (Å²) < 4.78 is 13.1. The number of nitrogen functional groups attached to an aromatic ring is 1. The zero-order valence-electron chi connectivity index (χ0n) is 11.8. The Hall–Kier alpha value is -1.82. The van der Waals surface area contributed by atoms with Crippen molar-refractivity contribution in [1.82, 2.24) is 9.97 Å². The van der Waals surface area contributed by atoms with Crippen molar-refractivity contribution in [3.63, 3.8) is 0 Å². The fourth-order valence-corrected chi connectivity index (χ4v) is 3.31. The molecular formula is C15H17FN4S. The molecule has 0 spiro atoms. The standard InChI is InChI=1S/C15H17FN4S/c1-10-18-14(11-2-4-12(16)5-3-11)13(17)15(19-10)20-6-8-21-9-7-20/h2-5H,6-9,17H2,1H3. The Morgan fingerprint density at radius 2 is 1.81 bits per heavy atom. The zero-order valence-corrected chi connectivity index (χ0v) is 12.7. The summed E-state index contributed by atoms with van der Waals surface area (Å²) in [5.74, 6) is 3.36. The summed E-state index contributed by atoms with van der Waals surface area (Å²) in [4.78, 5) is 11.1. The molecule has 1 saturated heterocycles. The second-order valence-electron chi connectivity index (χ2n) is 4.96. The minimum absolute atomic E-state index is 0.267. The Labute approximate surface area is 127 Å². The molecule has 1 aliphatic heterocycles. The van der Waals surface area contributed by atoms with Crippen molar-refractivity contribution >= 4 is 23.3 Å². The van der Waals surface area contributed by atoms with Gasteiger partial charge in [-0.3, -0.25) is 0 Å². The molecule has 0 bridgehead atoms. The first-order valence-electron chi connectivity index (χ1n) is 6.88. The molecule has 6 heteroatoms. The van der Waals surface area contributed by atoms with Gasteiger partial charge in [0.05, 0.1) is 5.69 Å². The number of thioether (sulfide) groups is 1. The van der Waals surface area contributed by atoms with E-state index in [4.69, 9.17) is 5.73 Å². The molecule has 0 saturated carbocycles. The van der Waals surface area contributed by atoms with Gasteiger partial charge in [-0.05, 0) is 31.2 Å². The molecule has 0 atom stereocenters. The van der Waals surface area contributed by atoms with Crippen LogP contribution in [0.15, 0.2) is 24.3 Å². The van der Waals surface area contributed by atoms with Crippen LogP contribution in [0.4, 0.5) is 15.9 Å². The van der Waals surface area contributed by atoms with Crippen LogP contribution < -0.4 is 10.6 Å². The van der Waals surface area contributed by atoms with Gasteiger partial charge < -0.3 is 10.6 Å². The summed E-state index contributed by atoms with van der Waals surface area (Å²) in [5, 5.41) is 0. The quantitative estimate of drug-likeness (QED) is 0.924. The van der Waals surface area contributed by atoms with Crippen LogP contribution >= 0.6 is 11.8 Å². The highest BCUT2D eigenvalue weighted by Crippen LogP contribution is 2.32. The van der Waals surface area contributed by atoms with Gasteiger partial charge in [-0.25, -0.2) is 14.4 Å². The van der Waals surface area contributed by atoms with Crippen LogP contribution in [0.3, 0.4) is 0 Å². The predicted octanol–water partition coefficient (Wildman–Crippen LogP) is 2.73. The highest BCUT2D eigenvalue weighted by Gasteiger charge is 2.19. The summed E-state index contributed by atoms with van der Waals surface area (Å²) in [5.41, 5.74) is 8.34. The van der Waals surface area contributed by atoms with E-state index in [9.17, 15) is 4.39 Å². The predicted molar refractivity (Wildman–Crippen MR) is 86.1 cm³/mol. The van der Waals surface area contributed by atoms with Crippen LogP contribution in [0, 0.1) is 12.7 Å². The second-order valence-corrected chi connectivity index (χ2v) is 6.19. The Bertz CT molecular complexity index is 639. The van der Waals surface area contributed by atoms with Crippen LogP contribution in [-0.2, 0) is 0 Å². The zero-order chi connectivity index (χ0) is 14.8. The summed E-state index contributed by atoms with van der Waals surface area (Å²) in [6, 6.07) is 6.24. The van der Waals surface area contributed by atoms with E-state index in [-0.39, 0.29) is 5.82 Å². The molecule has 0 aliphatic carbocycles. The van der Waals surface area contributed by atoms with Crippen molar-refractivity contribution in [2.75, 3.05) is 35.2 Å². The summed E-state index contributed by atoms with van der Waals surface area (Å²) in [6.45, 7) is 3.73. The molecule has 1 fully saturated rings. The molecule has 1 aromatic heterocycles. The van der Waals surface area contributed by atoms with E-state index in [1.165, 1.54) is 12.1 Å². The molecule has 0 unspecified atom stereocenters. The van der Waals surface area contributed by atoms with Crippen LogP contribution in [0.5, 0.6) is 0 Å². The van der Waals surface area contributed by atoms with Crippen molar-refractivity contribution < 1.29 is 4.39 Å². The highest BCUT2D eigenvalue weighted by molar-refractivity contribution is 7.99. The Morgan fingerprint density at radius 1 is 1.14 bits per heavy atom. The molecule has 4 nitrogen and oxygen atoms in total. The van der Waals surface area contributed by atoms with Gasteiger partial charge in [0.25, 0.3) is 0 Å². The molecule has 2 heterocycles. The average Bonchev–Trinajstić information content (AvgIpc) is 2.51. The van der Waals surface area contributed by atoms with Crippen LogP contribution in [0.1, 0.15) is 5.82 Å². The number of hydrogen-bond acceptors (Lipinski definition) is 5. The van der Waals surface area contributed by atoms with E-state index in [2.05, 4.69) is 14.9 Å². The molecular weight excluding hydrogens is 287 g/mol. The Kier molecular flexibility index (Phi) is 3.96. The van der Waals surface area contributed by atoms with Crippen LogP contribution in [0.25, 0.3) is 11.3 Å². The number of aryl methyl sites for hydroxylation is 1. The third kappa shape index (κ3) is 2.95. The lowest BCUT2D eigenvalue weighted by atomic mass is 10.1. The first-order chi connectivity index (χ1) is 10.1. The lowest BCUT2D eigenvalue weighted by Crippen LogP contribution is -2.34. The Balaban J connectivity index is 2.04. The second kappa shape index (κ2) is 5.89. The molecule has 2 aromatic rings. The maximum absolute atomic E-state index is 13.1.